The van der Waals surface area contributed by atoms with Crippen LogP contribution in [-0.4, -0.2) is 25.9 Å². The van der Waals surface area contributed by atoms with E-state index in [1.54, 1.807) is 12.4 Å². The van der Waals surface area contributed by atoms with E-state index < -0.39 is 0 Å². The number of carbonyl (C=O) groups excluding carboxylic acids is 1. The molecule has 0 atom stereocenters. The summed E-state index contributed by atoms with van der Waals surface area (Å²) >= 11 is 5.89. The average Bonchev–Trinajstić information content (AvgIpc) is 2.37. The smallest absolute Gasteiger partial charge is 0.162 e. The third-order valence-corrected chi connectivity index (χ3v) is 2.17. The second-order valence-electron chi connectivity index (χ2n) is 3.21. The second-order valence-corrected chi connectivity index (χ2v) is 3.65. The van der Waals surface area contributed by atoms with E-state index in [1.165, 1.54) is 6.34 Å². The molecule has 0 unspecified atom stereocenters. The van der Waals surface area contributed by atoms with E-state index >= 15 is 0 Å². The Balaban J connectivity index is 2.46. The van der Waals surface area contributed by atoms with Crippen molar-refractivity contribution >= 4 is 36.1 Å². The van der Waals surface area contributed by atoms with Crippen LogP contribution < -0.4 is 10.3 Å². The van der Waals surface area contributed by atoms with Crippen LogP contribution in [0.15, 0.2) is 46.8 Å². The molecule has 6 heteroatoms. The van der Waals surface area contributed by atoms with Crippen LogP contribution in [0.3, 0.4) is 0 Å². The van der Waals surface area contributed by atoms with E-state index in [0.29, 0.717) is 11.3 Å². The number of carbonyl (C=O) groups is 1. The van der Waals surface area contributed by atoms with E-state index in [9.17, 15) is 4.79 Å². The Morgan fingerprint density at radius 3 is 3.00 bits per heavy atom. The lowest BCUT2D eigenvalue weighted by Crippen LogP contribution is -2.07. The van der Waals surface area contributed by atoms with Gasteiger partial charge in [0.2, 0.25) is 0 Å². The normalized spacial score (nSPS) is 11.4. The van der Waals surface area contributed by atoms with Crippen molar-refractivity contribution in [3.63, 3.8) is 0 Å². The van der Waals surface area contributed by atoms with Crippen molar-refractivity contribution in [2.24, 2.45) is 10.1 Å². The van der Waals surface area contributed by atoms with E-state index in [2.05, 4.69) is 15.5 Å². The number of hydrogen-bond donors (Lipinski definition) is 1. The fraction of sp³-hybridized carbons (Fsp3) is 0.0833. The van der Waals surface area contributed by atoms with Gasteiger partial charge in [0.05, 0.1) is 6.21 Å². The number of aliphatic imine (C=N–C) groups is 1. The van der Waals surface area contributed by atoms with Gasteiger partial charge in [0.15, 0.2) is 6.29 Å². The van der Waals surface area contributed by atoms with Gasteiger partial charge in [-0.25, -0.2) is 4.99 Å². The summed E-state index contributed by atoms with van der Waals surface area (Å²) in [6.07, 6.45) is 6.39. The highest BCUT2D eigenvalue weighted by molar-refractivity contribution is 6.30. The Morgan fingerprint density at radius 1 is 1.44 bits per heavy atom. The lowest BCUT2D eigenvalue weighted by molar-refractivity contribution is -0.102. The fourth-order valence-corrected chi connectivity index (χ4v) is 1.29. The van der Waals surface area contributed by atoms with E-state index in [4.69, 9.17) is 11.6 Å². The molecular weight excluding hydrogens is 252 g/mol. The standard InChI is InChI=1S/C12H13ClN4O/c1-17(12-4-2-3-11(13)9-12)7-5-14-10-16-15-6-8-18/h2-10H,1H3,(H,14,16)/b7-5-,15-6+. The predicted octanol–water partition coefficient (Wildman–Crippen LogP) is 2.05. The zero-order valence-electron chi connectivity index (χ0n) is 9.82. The van der Waals surface area contributed by atoms with E-state index in [-0.39, 0.29) is 0 Å². The minimum atomic E-state index is 0.573. The van der Waals surface area contributed by atoms with Gasteiger partial charge < -0.3 is 4.90 Å². The van der Waals surface area contributed by atoms with Gasteiger partial charge in [0.25, 0.3) is 0 Å². The second kappa shape index (κ2) is 8.03. The number of nitrogens with zero attached hydrogens (tertiary/aromatic N) is 3. The van der Waals surface area contributed by atoms with Crippen LogP contribution in [0.2, 0.25) is 5.02 Å². The number of benzene rings is 1. The van der Waals surface area contributed by atoms with E-state index in [1.807, 2.05) is 36.2 Å². The summed E-state index contributed by atoms with van der Waals surface area (Å²) in [5.74, 6) is 0. The van der Waals surface area contributed by atoms with Crippen LogP contribution in [0.25, 0.3) is 0 Å². The third kappa shape index (κ3) is 5.27. The molecule has 0 amide bonds. The summed E-state index contributed by atoms with van der Waals surface area (Å²) in [5, 5.41) is 4.20. The first-order valence-corrected chi connectivity index (χ1v) is 5.51. The van der Waals surface area contributed by atoms with Crippen molar-refractivity contribution in [2.45, 2.75) is 0 Å². The Morgan fingerprint density at radius 2 is 2.28 bits per heavy atom. The van der Waals surface area contributed by atoms with Crippen LogP contribution in [0.5, 0.6) is 0 Å². The van der Waals surface area contributed by atoms with Crippen LogP contribution in [-0.2, 0) is 4.79 Å². The molecule has 0 aliphatic carbocycles. The maximum atomic E-state index is 9.90. The van der Waals surface area contributed by atoms with Crippen molar-refractivity contribution in [3.05, 3.63) is 41.7 Å². The lowest BCUT2D eigenvalue weighted by Gasteiger charge is -2.13. The minimum Gasteiger partial charge on any atom is -0.349 e. The third-order valence-electron chi connectivity index (χ3n) is 1.93. The molecule has 1 N–H and O–H groups in total. The highest BCUT2D eigenvalue weighted by Crippen LogP contribution is 2.18. The zero-order valence-corrected chi connectivity index (χ0v) is 10.6. The molecule has 18 heavy (non-hydrogen) atoms. The van der Waals surface area contributed by atoms with Gasteiger partial charge in [0.1, 0.15) is 6.34 Å². The van der Waals surface area contributed by atoms with Gasteiger partial charge >= 0.3 is 0 Å². The first-order valence-electron chi connectivity index (χ1n) is 5.13. The first-order chi connectivity index (χ1) is 8.74. The quantitative estimate of drug-likeness (QED) is 0.370. The number of halogens is 1. The number of hydrazone groups is 1. The number of nitrogens with one attached hydrogen (secondary N) is 1. The Kier molecular flexibility index (Phi) is 6.21. The Hall–Kier alpha value is -2.14. The van der Waals surface area contributed by atoms with Crippen molar-refractivity contribution < 1.29 is 4.79 Å². The molecule has 0 radical (unpaired) electrons. The molecule has 1 rings (SSSR count). The Labute approximate surface area is 110 Å². The van der Waals surface area contributed by atoms with Gasteiger partial charge in [-0.2, -0.15) is 5.10 Å². The van der Waals surface area contributed by atoms with Gasteiger partial charge in [0, 0.05) is 30.2 Å². The monoisotopic (exact) mass is 264 g/mol. The summed E-state index contributed by atoms with van der Waals surface area (Å²) in [6.45, 7) is 0. The number of anilines is 1. The molecule has 5 nitrogen and oxygen atoms in total. The van der Waals surface area contributed by atoms with Crippen LogP contribution in [0, 0.1) is 0 Å². The highest BCUT2D eigenvalue weighted by Gasteiger charge is 1.96. The molecule has 0 saturated heterocycles. The summed E-state index contributed by atoms with van der Waals surface area (Å²) in [4.78, 5) is 15.7. The first kappa shape index (κ1) is 13.9. The molecule has 0 aliphatic heterocycles. The van der Waals surface area contributed by atoms with Crippen LogP contribution in [0.4, 0.5) is 5.69 Å². The maximum absolute atomic E-state index is 9.90. The van der Waals surface area contributed by atoms with Gasteiger partial charge in [-0.15, -0.1) is 0 Å². The minimum absolute atomic E-state index is 0.573. The molecule has 0 fully saturated rings. The highest BCUT2D eigenvalue weighted by atomic mass is 35.5. The van der Waals surface area contributed by atoms with E-state index in [0.717, 1.165) is 11.9 Å². The molecular formula is C12H13ClN4O. The van der Waals surface area contributed by atoms with Crippen LogP contribution >= 0.6 is 11.6 Å². The number of hydrogen-bond acceptors (Lipinski definition) is 4. The molecule has 0 saturated carbocycles. The molecule has 1 aromatic carbocycles. The number of rotatable bonds is 6. The van der Waals surface area contributed by atoms with Crippen LogP contribution in [0.1, 0.15) is 0 Å². The van der Waals surface area contributed by atoms with Crippen molar-refractivity contribution in [1.29, 1.82) is 0 Å². The predicted molar refractivity (Wildman–Crippen MR) is 75.2 cm³/mol. The summed E-state index contributed by atoms with van der Waals surface area (Å²) in [5.41, 5.74) is 3.42. The molecule has 0 bridgehead atoms. The summed E-state index contributed by atoms with van der Waals surface area (Å²) in [6, 6.07) is 7.48. The molecule has 0 aliphatic rings. The average molecular weight is 265 g/mol. The fourth-order valence-electron chi connectivity index (χ4n) is 1.10. The van der Waals surface area contributed by atoms with Crippen molar-refractivity contribution in [2.75, 3.05) is 11.9 Å². The molecule has 0 heterocycles. The topological polar surface area (TPSA) is 57.1 Å². The molecule has 0 aromatic heterocycles. The van der Waals surface area contributed by atoms with Gasteiger partial charge in [-0.1, -0.05) is 17.7 Å². The summed E-state index contributed by atoms with van der Waals surface area (Å²) in [7, 11) is 1.88. The number of aldehydes is 1. The van der Waals surface area contributed by atoms with Gasteiger partial charge in [-0.3, -0.25) is 10.2 Å². The molecule has 0 spiro atoms. The largest absolute Gasteiger partial charge is 0.349 e. The SMILES string of the molecule is CN(/C=C\N=CN/N=C/C=O)c1cccc(Cl)c1. The summed E-state index contributed by atoms with van der Waals surface area (Å²) < 4.78 is 0. The maximum Gasteiger partial charge on any atom is 0.162 e. The van der Waals surface area contributed by atoms with Crippen molar-refractivity contribution in [3.8, 4) is 0 Å². The van der Waals surface area contributed by atoms with Crippen molar-refractivity contribution in [1.82, 2.24) is 5.43 Å². The van der Waals surface area contributed by atoms with Gasteiger partial charge in [-0.05, 0) is 18.2 Å². The molecule has 1 aromatic rings. The zero-order chi connectivity index (χ0) is 13.2. The lowest BCUT2D eigenvalue weighted by atomic mass is 10.3. The Bertz CT molecular complexity index is 471. The molecule has 94 valence electrons.